The molecule has 6 heteroatoms. The van der Waals surface area contributed by atoms with Gasteiger partial charge in [-0.05, 0) is 36.1 Å². The molecule has 2 atom stereocenters. The van der Waals surface area contributed by atoms with Crippen LogP contribution < -0.4 is 14.8 Å². The summed E-state index contributed by atoms with van der Waals surface area (Å²) in [6, 6.07) is 14.6. The largest absolute Gasteiger partial charge is 0.493 e. The lowest BCUT2D eigenvalue weighted by molar-refractivity contribution is -0.144. The number of hydrogen-bond acceptors (Lipinski definition) is 4. The van der Waals surface area contributed by atoms with Gasteiger partial charge in [0, 0.05) is 12.5 Å². The van der Waals surface area contributed by atoms with Crippen LogP contribution in [0.25, 0.3) is 0 Å². The topological polar surface area (TPSA) is 84.9 Å². The maximum absolute atomic E-state index is 12.7. The van der Waals surface area contributed by atoms with E-state index in [-0.39, 0.29) is 18.4 Å². The van der Waals surface area contributed by atoms with Crippen molar-refractivity contribution in [2.75, 3.05) is 20.8 Å². The number of hydrogen-bond donors (Lipinski definition) is 2. The number of carbonyl (C=O) groups excluding carboxylic acids is 1. The molecule has 2 unspecified atom stereocenters. The molecule has 0 saturated carbocycles. The van der Waals surface area contributed by atoms with Crippen LogP contribution >= 0.6 is 0 Å². The molecule has 0 aliphatic heterocycles. The summed E-state index contributed by atoms with van der Waals surface area (Å²) < 4.78 is 10.5. The highest BCUT2D eigenvalue weighted by atomic mass is 16.5. The lowest BCUT2D eigenvalue weighted by Crippen LogP contribution is -2.47. The summed E-state index contributed by atoms with van der Waals surface area (Å²) in [5.41, 5.74) is 0.469. The average Bonchev–Trinajstić information content (AvgIpc) is 2.74. The maximum Gasteiger partial charge on any atom is 0.315 e. The predicted molar refractivity (Wildman–Crippen MR) is 111 cm³/mol. The summed E-state index contributed by atoms with van der Waals surface area (Å²) in [5, 5.41) is 12.7. The summed E-state index contributed by atoms with van der Waals surface area (Å²) in [6.07, 6.45) is 0.875. The first-order chi connectivity index (χ1) is 13.9. The number of benzene rings is 2. The first kappa shape index (κ1) is 22.3. The van der Waals surface area contributed by atoms with E-state index in [1.807, 2.05) is 44.2 Å². The fourth-order valence-corrected chi connectivity index (χ4v) is 3.40. The van der Waals surface area contributed by atoms with Crippen molar-refractivity contribution >= 4 is 11.9 Å². The zero-order valence-corrected chi connectivity index (χ0v) is 17.4. The van der Waals surface area contributed by atoms with E-state index >= 15 is 0 Å². The van der Waals surface area contributed by atoms with E-state index in [2.05, 4.69) is 5.32 Å². The molecule has 0 saturated heterocycles. The van der Waals surface area contributed by atoms with Crippen LogP contribution in [0, 0.1) is 5.92 Å². The molecule has 2 aromatic carbocycles. The second-order valence-corrected chi connectivity index (χ2v) is 7.12. The molecule has 0 heterocycles. The summed E-state index contributed by atoms with van der Waals surface area (Å²) in [4.78, 5) is 24.8. The average molecular weight is 399 g/mol. The first-order valence-corrected chi connectivity index (χ1v) is 9.65. The van der Waals surface area contributed by atoms with Crippen LogP contribution in [0.15, 0.2) is 48.5 Å². The number of carboxylic acids is 1. The predicted octanol–water partition coefficient (Wildman–Crippen LogP) is 3.43. The monoisotopic (exact) mass is 399 g/mol. The lowest BCUT2D eigenvalue weighted by Gasteiger charge is -2.29. The minimum Gasteiger partial charge on any atom is -0.493 e. The van der Waals surface area contributed by atoms with Gasteiger partial charge in [0.25, 0.3) is 0 Å². The number of aliphatic carboxylic acids is 1. The van der Waals surface area contributed by atoms with Gasteiger partial charge in [0.1, 0.15) is 5.41 Å². The van der Waals surface area contributed by atoms with Crippen molar-refractivity contribution in [3.05, 3.63) is 59.7 Å². The molecular weight excluding hydrogens is 370 g/mol. The molecule has 2 rings (SSSR count). The Hall–Kier alpha value is -3.02. The summed E-state index contributed by atoms with van der Waals surface area (Å²) in [7, 11) is 3.14. The number of amides is 1. The Morgan fingerprint density at radius 1 is 1.07 bits per heavy atom. The van der Waals surface area contributed by atoms with E-state index in [0.29, 0.717) is 29.9 Å². The highest BCUT2D eigenvalue weighted by Gasteiger charge is 2.39. The van der Waals surface area contributed by atoms with Crippen molar-refractivity contribution in [2.45, 2.75) is 32.1 Å². The van der Waals surface area contributed by atoms with Crippen molar-refractivity contribution in [1.82, 2.24) is 5.32 Å². The van der Waals surface area contributed by atoms with Gasteiger partial charge in [-0.15, -0.1) is 0 Å². The molecule has 0 aliphatic rings. The molecule has 0 spiro atoms. The molecule has 2 aromatic rings. The second-order valence-electron chi connectivity index (χ2n) is 7.12. The highest BCUT2D eigenvalue weighted by Crippen LogP contribution is 2.29. The highest BCUT2D eigenvalue weighted by molar-refractivity contribution is 5.84. The van der Waals surface area contributed by atoms with E-state index in [9.17, 15) is 14.7 Å². The second kappa shape index (κ2) is 9.96. The van der Waals surface area contributed by atoms with Crippen LogP contribution in [-0.2, 0) is 21.4 Å². The molecule has 156 valence electrons. The van der Waals surface area contributed by atoms with Crippen molar-refractivity contribution in [3.8, 4) is 11.5 Å². The lowest BCUT2D eigenvalue weighted by atomic mass is 9.78. The number of carbonyl (C=O) groups is 2. The van der Waals surface area contributed by atoms with Gasteiger partial charge in [-0.3, -0.25) is 9.59 Å². The van der Waals surface area contributed by atoms with Gasteiger partial charge in [-0.2, -0.15) is 0 Å². The van der Waals surface area contributed by atoms with E-state index in [0.717, 1.165) is 5.56 Å². The van der Waals surface area contributed by atoms with Crippen LogP contribution in [0.1, 0.15) is 31.4 Å². The maximum atomic E-state index is 12.7. The molecule has 1 amide bonds. The molecule has 0 aromatic heterocycles. The van der Waals surface area contributed by atoms with Gasteiger partial charge in [-0.25, -0.2) is 0 Å². The zero-order chi connectivity index (χ0) is 21.4. The Balaban J connectivity index is 2.09. The summed E-state index contributed by atoms with van der Waals surface area (Å²) >= 11 is 0. The van der Waals surface area contributed by atoms with Crippen LogP contribution in [0.2, 0.25) is 0 Å². The van der Waals surface area contributed by atoms with Gasteiger partial charge in [0.05, 0.1) is 14.2 Å². The van der Waals surface area contributed by atoms with Crippen molar-refractivity contribution in [1.29, 1.82) is 0 Å². The van der Waals surface area contributed by atoms with Crippen molar-refractivity contribution in [3.63, 3.8) is 0 Å². The smallest absolute Gasteiger partial charge is 0.315 e. The van der Waals surface area contributed by atoms with Gasteiger partial charge in [-0.1, -0.05) is 50.2 Å². The van der Waals surface area contributed by atoms with Crippen LogP contribution in [-0.4, -0.2) is 37.7 Å². The Bertz CT molecular complexity index is 836. The molecule has 2 N–H and O–H groups in total. The molecule has 0 aliphatic carbocycles. The Morgan fingerprint density at radius 3 is 2.28 bits per heavy atom. The third-order valence-electron chi connectivity index (χ3n) is 5.34. The van der Waals surface area contributed by atoms with E-state index in [1.165, 1.54) is 0 Å². The third-order valence-corrected chi connectivity index (χ3v) is 5.34. The van der Waals surface area contributed by atoms with Crippen molar-refractivity contribution < 1.29 is 24.2 Å². The van der Waals surface area contributed by atoms with Crippen LogP contribution in [0.3, 0.4) is 0 Å². The summed E-state index contributed by atoms with van der Waals surface area (Å²) in [5.74, 6) is -0.218. The van der Waals surface area contributed by atoms with Gasteiger partial charge in [0.2, 0.25) is 5.91 Å². The van der Waals surface area contributed by atoms with Crippen molar-refractivity contribution in [2.24, 2.45) is 5.92 Å². The fourth-order valence-electron chi connectivity index (χ4n) is 3.40. The Morgan fingerprint density at radius 2 is 1.72 bits per heavy atom. The SMILES string of the molecule is CCC(CNC(=O)C(C)Cc1ccc(OC)c(OC)c1)(C(=O)O)c1ccccc1. The molecule has 6 nitrogen and oxygen atoms in total. The van der Waals surface area contributed by atoms with E-state index < -0.39 is 11.4 Å². The summed E-state index contributed by atoms with van der Waals surface area (Å²) in [6.45, 7) is 3.68. The van der Waals surface area contributed by atoms with E-state index in [4.69, 9.17) is 9.47 Å². The standard InChI is InChI=1S/C23H29NO5/c1-5-23(22(26)27,18-9-7-6-8-10-18)15-24-21(25)16(2)13-17-11-12-19(28-3)20(14-17)29-4/h6-12,14,16H,5,13,15H2,1-4H3,(H,24,25)(H,26,27). The fraction of sp³-hybridized carbons (Fsp3) is 0.391. The molecule has 0 radical (unpaired) electrons. The normalized spacial score (nSPS) is 13.8. The number of carboxylic acid groups (broad SMARTS) is 1. The number of methoxy groups -OCH3 is 2. The minimum atomic E-state index is -1.15. The number of ether oxygens (including phenoxy) is 2. The van der Waals surface area contributed by atoms with Crippen LogP contribution in [0.4, 0.5) is 0 Å². The Kier molecular flexibility index (Phi) is 7.65. The first-order valence-electron chi connectivity index (χ1n) is 9.65. The number of rotatable bonds is 10. The Labute approximate surface area is 171 Å². The van der Waals surface area contributed by atoms with E-state index in [1.54, 1.807) is 32.4 Å². The zero-order valence-electron chi connectivity index (χ0n) is 17.4. The minimum absolute atomic E-state index is 0.0396. The quantitative estimate of drug-likeness (QED) is 0.639. The molecule has 29 heavy (non-hydrogen) atoms. The molecule has 0 bridgehead atoms. The third kappa shape index (κ3) is 5.08. The van der Waals surface area contributed by atoms with Gasteiger partial charge >= 0.3 is 5.97 Å². The molecule has 0 fully saturated rings. The van der Waals surface area contributed by atoms with Gasteiger partial charge < -0.3 is 19.9 Å². The van der Waals surface area contributed by atoms with Crippen LogP contribution in [0.5, 0.6) is 11.5 Å². The molecular formula is C23H29NO5. The van der Waals surface area contributed by atoms with Gasteiger partial charge in [0.15, 0.2) is 11.5 Å². The number of nitrogens with one attached hydrogen (secondary N) is 1.